The van der Waals surface area contributed by atoms with Crippen molar-refractivity contribution in [3.05, 3.63) is 28.2 Å². The average molecular weight is 206 g/mol. The maximum absolute atomic E-state index is 11.3. The van der Waals surface area contributed by atoms with Gasteiger partial charge in [-0.2, -0.15) is 0 Å². The summed E-state index contributed by atoms with van der Waals surface area (Å²) in [6, 6.07) is 4.19. The fourth-order valence-corrected chi connectivity index (χ4v) is 2.25. The average Bonchev–Trinajstić information content (AvgIpc) is 2.17. The summed E-state index contributed by atoms with van der Waals surface area (Å²) in [4.78, 5) is 14.0. The zero-order valence-corrected chi connectivity index (χ0v) is 9.18. The van der Waals surface area contributed by atoms with Crippen LogP contribution in [0, 0.1) is 6.92 Å². The first kappa shape index (κ1) is 10.3. The second-order valence-corrected chi connectivity index (χ2v) is 4.40. The minimum absolute atomic E-state index is 0.0201. The summed E-state index contributed by atoms with van der Waals surface area (Å²) < 4.78 is 0. The number of H-pyrrole nitrogens is 1. The summed E-state index contributed by atoms with van der Waals surface area (Å²) in [6.45, 7) is 1.91. The first-order valence-corrected chi connectivity index (χ1v) is 5.71. The van der Waals surface area contributed by atoms with Gasteiger partial charge in [0.05, 0.1) is 0 Å². The van der Waals surface area contributed by atoms with Crippen molar-refractivity contribution in [2.24, 2.45) is 0 Å². The van der Waals surface area contributed by atoms with Gasteiger partial charge in [-0.1, -0.05) is 19.3 Å². The van der Waals surface area contributed by atoms with Crippen LogP contribution in [-0.2, 0) is 0 Å². The quantitative estimate of drug-likeness (QED) is 0.780. The number of nitrogens with one attached hydrogen (secondary N) is 2. The van der Waals surface area contributed by atoms with Gasteiger partial charge in [-0.05, 0) is 25.8 Å². The van der Waals surface area contributed by atoms with E-state index in [2.05, 4.69) is 10.3 Å². The molecule has 3 heteroatoms. The van der Waals surface area contributed by atoms with Crippen molar-refractivity contribution in [2.45, 2.75) is 45.1 Å². The molecule has 0 amide bonds. The van der Waals surface area contributed by atoms with Gasteiger partial charge in [0.2, 0.25) is 5.56 Å². The predicted molar refractivity (Wildman–Crippen MR) is 62.3 cm³/mol. The first-order valence-electron chi connectivity index (χ1n) is 5.71. The van der Waals surface area contributed by atoms with Gasteiger partial charge in [0.25, 0.3) is 0 Å². The molecule has 0 saturated heterocycles. The molecule has 2 N–H and O–H groups in total. The first-order chi connectivity index (χ1) is 7.24. The van der Waals surface area contributed by atoms with E-state index in [1.165, 1.54) is 32.1 Å². The van der Waals surface area contributed by atoms with Crippen molar-refractivity contribution >= 4 is 5.69 Å². The van der Waals surface area contributed by atoms with E-state index < -0.39 is 0 Å². The SMILES string of the molecule is Cc1cc(NC2CCCCC2)cc(=O)[nH]1. The molecule has 1 aromatic rings. The third-order valence-corrected chi connectivity index (χ3v) is 2.95. The Hall–Kier alpha value is -1.25. The fraction of sp³-hybridized carbons (Fsp3) is 0.583. The van der Waals surface area contributed by atoms with Crippen LogP contribution < -0.4 is 10.9 Å². The number of hydrogen-bond acceptors (Lipinski definition) is 2. The van der Waals surface area contributed by atoms with Crippen LogP contribution >= 0.6 is 0 Å². The molecule has 1 heterocycles. The van der Waals surface area contributed by atoms with E-state index in [1.807, 2.05) is 13.0 Å². The molecular formula is C12H18N2O. The van der Waals surface area contributed by atoms with Crippen LogP contribution in [0.15, 0.2) is 16.9 Å². The Morgan fingerprint density at radius 1 is 1.27 bits per heavy atom. The second-order valence-electron chi connectivity index (χ2n) is 4.40. The van der Waals surface area contributed by atoms with Gasteiger partial charge in [0, 0.05) is 23.5 Å². The topological polar surface area (TPSA) is 44.9 Å². The highest BCUT2D eigenvalue weighted by atomic mass is 16.1. The zero-order valence-electron chi connectivity index (χ0n) is 9.18. The standard InChI is InChI=1S/C12H18N2O/c1-9-7-11(8-12(15)13-9)14-10-5-3-2-4-6-10/h7-8,10H,2-6H2,1H3,(H2,13,14,15). The normalized spacial score (nSPS) is 17.7. The lowest BCUT2D eigenvalue weighted by molar-refractivity contribution is 0.462. The van der Waals surface area contributed by atoms with Gasteiger partial charge in [-0.3, -0.25) is 4.79 Å². The van der Waals surface area contributed by atoms with E-state index in [0.29, 0.717) is 6.04 Å². The number of hydrogen-bond donors (Lipinski definition) is 2. The minimum atomic E-state index is -0.0201. The van der Waals surface area contributed by atoms with E-state index in [4.69, 9.17) is 0 Å². The zero-order chi connectivity index (χ0) is 10.7. The molecule has 1 aliphatic carbocycles. The van der Waals surface area contributed by atoms with Crippen LogP contribution in [0.25, 0.3) is 0 Å². The summed E-state index contributed by atoms with van der Waals surface area (Å²) >= 11 is 0. The van der Waals surface area contributed by atoms with Crippen LogP contribution in [0.3, 0.4) is 0 Å². The Labute approximate surface area is 89.9 Å². The number of aromatic amines is 1. The van der Waals surface area contributed by atoms with Gasteiger partial charge in [0.1, 0.15) is 0 Å². The molecular weight excluding hydrogens is 188 g/mol. The van der Waals surface area contributed by atoms with E-state index in [0.717, 1.165) is 11.4 Å². The fourth-order valence-electron chi connectivity index (χ4n) is 2.25. The van der Waals surface area contributed by atoms with Crippen molar-refractivity contribution in [3.63, 3.8) is 0 Å². The van der Waals surface area contributed by atoms with Crippen LogP contribution in [0.5, 0.6) is 0 Å². The molecule has 82 valence electrons. The molecule has 0 bridgehead atoms. The third-order valence-electron chi connectivity index (χ3n) is 2.95. The van der Waals surface area contributed by atoms with Crippen LogP contribution in [-0.4, -0.2) is 11.0 Å². The number of aromatic nitrogens is 1. The molecule has 3 nitrogen and oxygen atoms in total. The van der Waals surface area contributed by atoms with Gasteiger partial charge in [-0.25, -0.2) is 0 Å². The Balaban J connectivity index is 2.06. The Morgan fingerprint density at radius 3 is 2.67 bits per heavy atom. The van der Waals surface area contributed by atoms with Gasteiger partial charge in [0.15, 0.2) is 0 Å². The molecule has 0 aliphatic heterocycles. The molecule has 1 fully saturated rings. The van der Waals surface area contributed by atoms with Crippen LogP contribution in [0.2, 0.25) is 0 Å². The number of anilines is 1. The van der Waals surface area contributed by atoms with Gasteiger partial charge >= 0.3 is 0 Å². The Morgan fingerprint density at radius 2 is 2.00 bits per heavy atom. The lowest BCUT2D eigenvalue weighted by Crippen LogP contribution is -2.23. The largest absolute Gasteiger partial charge is 0.382 e. The van der Waals surface area contributed by atoms with Gasteiger partial charge in [-0.15, -0.1) is 0 Å². The monoisotopic (exact) mass is 206 g/mol. The Kier molecular flexibility index (Phi) is 3.09. The van der Waals surface area contributed by atoms with Crippen LogP contribution in [0.4, 0.5) is 5.69 Å². The molecule has 1 aliphatic rings. The van der Waals surface area contributed by atoms with E-state index in [1.54, 1.807) is 6.07 Å². The minimum Gasteiger partial charge on any atom is -0.382 e. The number of pyridine rings is 1. The lowest BCUT2D eigenvalue weighted by Gasteiger charge is -2.23. The Bertz CT molecular complexity index is 377. The molecule has 0 unspecified atom stereocenters. The van der Waals surface area contributed by atoms with Crippen molar-refractivity contribution in [1.82, 2.24) is 4.98 Å². The van der Waals surface area contributed by atoms with Crippen LogP contribution in [0.1, 0.15) is 37.8 Å². The van der Waals surface area contributed by atoms with E-state index in [-0.39, 0.29) is 5.56 Å². The summed E-state index contributed by atoms with van der Waals surface area (Å²) in [7, 11) is 0. The summed E-state index contributed by atoms with van der Waals surface area (Å²) in [5.74, 6) is 0. The molecule has 1 saturated carbocycles. The molecule has 1 aromatic heterocycles. The smallest absolute Gasteiger partial charge is 0.250 e. The maximum atomic E-state index is 11.3. The number of aryl methyl sites for hydroxylation is 1. The van der Waals surface area contributed by atoms with Crippen molar-refractivity contribution < 1.29 is 0 Å². The maximum Gasteiger partial charge on any atom is 0.250 e. The summed E-state index contributed by atoms with van der Waals surface area (Å²) in [5.41, 5.74) is 1.86. The molecule has 0 atom stereocenters. The van der Waals surface area contributed by atoms with E-state index in [9.17, 15) is 4.79 Å². The highest BCUT2D eigenvalue weighted by Crippen LogP contribution is 2.21. The molecule has 2 rings (SSSR count). The second kappa shape index (κ2) is 4.51. The van der Waals surface area contributed by atoms with Crippen molar-refractivity contribution in [3.8, 4) is 0 Å². The highest BCUT2D eigenvalue weighted by molar-refractivity contribution is 5.43. The molecule has 0 spiro atoms. The number of rotatable bonds is 2. The lowest BCUT2D eigenvalue weighted by atomic mass is 9.95. The molecule has 0 aromatic carbocycles. The van der Waals surface area contributed by atoms with Crippen molar-refractivity contribution in [1.29, 1.82) is 0 Å². The van der Waals surface area contributed by atoms with Crippen molar-refractivity contribution in [2.75, 3.05) is 5.32 Å². The molecule has 0 radical (unpaired) electrons. The highest BCUT2D eigenvalue weighted by Gasteiger charge is 2.12. The summed E-state index contributed by atoms with van der Waals surface area (Å²) in [5, 5.41) is 3.44. The third kappa shape index (κ3) is 2.85. The summed E-state index contributed by atoms with van der Waals surface area (Å²) in [6.07, 6.45) is 6.42. The van der Waals surface area contributed by atoms with Gasteiger partial charge < -0.3 is 10.3 Å². The predicted octanol–water partition coefficient (Wildman–Crippen LogP) is 2.43. The van der Waals surface area contributed by atoms with E-state index >= 15 is 0 Å². The molecule has 15 heavy (non-hydrogen) atoms.